The highest BCUT2D eigenvalue weighted by Gasteiger charge is 2.23. The Morgan fingerprint density at radius 3 is 2.79 bits per heavy atom. The molecule has 0 amide bonds. The average molecular weight is 376 g/mol. The topological polar surface area (TPSA) is 66.2 Å². The molecule has 4 rings (SSSR count). The summed E-state index contributed by atoms with van der Waals surface area (Å²) in [5.74, 6) is 0.753. The Hall–Kier alpha value is -3.08. The number of hydrogen-bond acceptors (Lipinski definition) is 3. The van der Waals surface area contributed by atoms with Crippen molar-refractivity contribution >= 4 is 22.3 Å². The first-order valence-corrected chi connectivity index (χ1v) is 9.64. The van der Waals surface area contributed by atoms with E-state index in [9.17, 15) is 4.39 Å². The molecule has 0 atom stereocenters. The molecule has 0 unspecified atom stereocenters. The van der Waals surface area contributed by atoms with Gasteiger partial charge in [-0.15, -0.1) is 0 Å². The predicted octanol–water partition coefficient (Wildman–Crippen LogP) is 5.17. The summed E-state index contributed by atoms with van der Waals surface area (Å²) in [6, 6.07) is 11.1. The number of nitrogens with zero attached hydrogens (tertiary/aromatic N) is 1. The standard InChI is InChI=1S/C23H25FN4/c1-14-10-17(20-12-27-22-11-18(24)7-8-19(20)22)6-9-21(14)28-23(13-26-15(2)25)16-4-3-5-16/h6-12,16,26-27H,2-5,13,25H2,1H3. The van der Waals surface area contributed by atoms with E-state index in [2.05, 4.69) is 42.0 Å². The number of hydrogen-bond donors (Lipinski definition) is 3. The molecule has 28 heavy (non-hydrogen) atoms. The van der Waals surface area contributed by atoms with Crippen molar-refractivity contribution in [1.29, 1.82) is 0 Å². The number of halogens is 1. The second-order valence-electron chi connectivity index (χ2n) is 7.50. The fourth-order valence-corrected chi connectivity index (χ4v) is 3.66. The number of H-pyrrole nitrogens is 1. The second kappa shape index (κ2) is 7.50. The molecule has 1 aromatic heterocycles. The number of rotatable bonds is 6. The Kier molecular flexibility index (Phi) is 4.90. The number of fused-ring (bicyclic) bond motifs is 1. The Bertz CT molecular complexity index is 1060. The van der Waals surface area contributed by atoms with Gasteiger partial charge < -0.3 is 16.0 Å². The molecule has 0 spiro atoms. The fraction of sp³-hybridized carbons (Fsp3) is 0.261. The van der Waals surface area contributed by atoms with E-state index in [-0.39, 0.29) is 5.82 Å². The van der Waals surface area contributed by atoms with Gasteiger partial charge >= 0.3 is 0 Å². The molecule has 1 heterocycles. The number of aryl methyl sites for hydroxylation is 1. The van der Waals surface area contributed by atoms with Gasteiger partial charge in [0.2, 0.25) is 0 Å². The zero-order valence-corrected chi connectivity index (χ0v) is 16.1. The molecular formula is C23H25FN4. The number of nitrogens with one attached hydrogen (secondary N) is 2. The highest BCUT2D eigenvalue weighted by Crippen LogP contribution is 2.34. The van der Waals surface area contributed by atoms with Crippen LogP contribution >= 0.6 is 0 Å². The highest BCUT2D eigenvalue weighted by molar-refractivity contribution is 5.96. The van der Waals surface area contributed by atoms with Crippen LogP contribution in [0.1, 0.15) is 24.8 Å². The number of aromatic nitrogens is 1. The summed E-state index contributed by atoms with van der Waals surface area (Å²) < 4.78 is 13.4. The Labute approximate surface area is 164 Å². The Balaban J connectivity index is 1.65. The minimum Gasteiger partial charge on any atom is -0.386 e. The maximum absolute atomic E-state index is 13.4. The molecule has 1 saturated carbocycles. The third kappa shape index (κ3) is 3.65. The maximum atomic E-state index is 13.4. The lowest BCUT2D eigenvalue weighted by atomic mass is 9.81. The summed E-state index contributed by atoms with van der Waals surface area (Å²) in [6.45, 7) is 6.42. The number of benzene rings is 2. The zero-order valence-electron chi connectivity index (χ0n) is 16.1. The molecule has 0 aliphatic heterocycles. The third-order valence-electron chi connectivity index (χ3n) is 5.49. The maximum Gasteiger partial charge on any atom is 0.125 e. The molecule has 2 aromatic carbocycles. The third-order valence-corrected chi connectivity index (χ3v) is 5.49. The van der Waals surface area contributed by atoms with Gasteiger partial charge in [-0.05, 0) is 67.1 Å². The smallest absolute Gasteiger partial charge is 0.125 e. The van der Waals surface area contributed by atoms with E-state index in [4.69, 9.17) is 10.7 Å². The Morgan fingerprint density at radius 2 is 2.11 bits per heavy atom. The van der Waals surface area contributed by atoms with Gasteiger partial charge in [0.25, 0.3) is 0 Å². The van der Waals surface area contributed by atoms with Crippen LogP contribution in [0.4, 0.5) is 10.1 Å². The van der Waals surface area contributed by atoms with Crippen LogP contribution in [0.15, 0.2) is 60.0 Å². The van der Waals surface area contributed by atoms with E-state index in [1.54, 1.807) is 0 Å². The minimum atomic E-state index is -0.237. The molecule has 1 aliphatic rings. The van der Waals surface area contributed by atoms with E-state index in [0.717, 1.165) is 39.0 Å². The number of nitrogens with two attached hydrogens (primary N) is 1. The monoisotopic (exact) mass is 376 g/mol. The molecule has 1 fully saturated rings. The second-order valence-corrected chi connectivity index (χ2v) is 7.50. The zero-order chi connectivity index (χ0) is 19.7. The quantitative estimate of drug-likeness (QED) is 0.519. The van der Waals surface area contributed by atoms with Crippen LogP contribution in [0.2, 0.25) is 0 Å². The predicted molar refractivity (Wildman–Crippen MR) is 114 cm³/mol. The normalized spacial score (nSPS) is 14.9. The van der Waals surface area contributed by atoms with Crippen molar-refractivity contribution in [2.24, 2.45) is 16.6 Å². The lowest BCUT2D eigenvalue weighted by Gasteiger charge is -2.27. The van der Waals surface area contributed by atoms with Crippen molar-refractivity contribution in [3.63, 3.8) is 0 Å². The van der Waals surface area contributed by atoms with Gasteiger partial charge in [-0.2, -0.15) is 0 Å². The number of aromatic amines is 1. The Morgan fingerprint density at radius 1 is 1.29 bits per heavy atom. The summed E-state index contributed by atoms with van der Waals surface area (Å²) >= 11 is 0. The lowest BCUT2D eigenvalue weighted by molar-refractivity contribution is 0.409. The summed E-state index contributed by atoms with van der Waals surface area (Å²) in [5.41, 5.74) is 11.8. The first-order chi connectivity index (χ1) is 13.5. The van der Waals surface area contributed by atoms with Crippen LogP contribution in [0, 0.1) is 18.7 Å². The fourth-order valence-electron chi connectivity index (χ4n) is 3.66. The van der Waals surface area contributed by atoms with E-state index < -0.39 is 0 Å². The highest BCUT2D eigenvalue weighted by atomic mass is 19.1. The van der Waals surface area contributed by atoms with Crippen LogP contribution in [0.25, 0.3) is 22.0 Å². The first kappa shape index (κ1) is 18.3. The first-order valence-electron chi connectivity index (χ1n) is 9.64. The largest absolute Gasteiger partial charge is 0.386 e. The average Bonchev–Trinajstić information content (AvgIpc) is 3.02. The van der Waals surface area contributed by atoms with Crippen molar-refractivity contribution in [3.8, 4) is 11.1 Å². The van der Waals surface area contributed by atoms with Crippen molar-refractivity contribution in [2.45, 2.75) is 26.2 Å². The summed E-state index contributed by atoms with van der Waals surface area (Å²) in [5, 5.41) is 4.12. The van der Waals surface area contributed by atoms with E-state index in [1.807, 2.05) is 12.3 Å². The lowest BCUT2D eigenvalue weighted by Crippen LogP contribution is -2.33. The molecule has 5 heteroatoms. The van der Waals surface area contributed by atoms with Crippen LogP contribution in [-0.4, -0.2) is 17.2 Å². The van der Waals surface area contributed by atoms with Gasteiger partial charge in [-0.3, -0.25) is 4.99 Å². The number of aliphatic imine (C=N–C) groups is 1. The molecule has 0 radical (unpaired) electrons. The van der Waals surface area contributed by atoms with Gasteiger partial charge in [-0.25, -0.2) is 4.39 Å². The van der Waals surface area contributed by atoms with E-state index in [1.165, 1.54) is 31.4 Å². The van der Waals surface area contributed by atoms with Crippen LogP contribution in [0.3, 0.4) is 0 Å². The van der Waals surface area contributed by atoms with Crippen molar-refractivity contribution in [3.05, 3.63) is 66.4 Å². The van der Waals surface area contributed by atoms with Gasteiger partial charge in [0.15, 0.2) is 0 Å². The molecule has 4 N–H and O–H groups in total. The van der Waals surface area contributed by atoms with Crippen LogP contribution < -0.4 is 11.1 Å². The van der Waals surface area contributed by atoms with E-state index >= 15 is 0 Å². The van der Waals surface area contributed by atoms with E-state index in [0.29, 0.717) is 18.3 Å². The SMILES string of the molecule is C=C(N)NCC(=Nc1ccc(-c2c[nH]c3cc(F)ccc23)cc1C)C1CCC1. The van der Waals surface area contributed by atoms with Crippen molar-refractivity contribution in [2.75, 3.05) is 6.54 Å². The molecular weight excluding hydrogens is 351 g/mol. The van der Waals surface area contributed by atoms with Gasteiger partial charge in [-0.1, -0.05) is 19.1 Å². The summed E-state index contributed by atoms with van der Waals surface area (Å²) in [7, 11) is 0. The van der Waals surface area contributed by atoms with Crippen molar-refractivity contribution < 1.29 is 4.39 Å². The summed E-state index contributed by atoms with van der Waals surface area (Å²) in [4.78, 5) is 8.10. The van der Waals surface area contributed by atoms with Crippen LogP contribution in [0.5, 0.6) is 0 Å². The van der Waals surface area contributed by atoms with Gasteiger partial charge in [0, 0.05) is 28.4 Å². The molecule has 0 bridgehead atoms. The van der Waals surface area contributed by atoms with Crippen LogP contribution in [-0.2, 0) is 0 Å². The molecule has 1 aliphatic carbocycles. The molecule has 3 aromatic rings. The van der Waals surface area contributed by atoms with Gasteiger partial charge in [0.05, 0.1) is 18.1 Å². The molecule has 144 valence electrons. The minimum absolute atomic E-state index is 0.237. The molecule has 4 nitrogen and oxygen atoms in total. The van der Waals surface area contributed by atoms with Gasteiger partial charge in [0.1, 0.15) is 5.82 Å². The summed E-state index contributed by atoms with van der Waals surface area (Å²) in [6.07, 6.45) is 5.55. The van der Waals surface area contributed by atoms with Crippen molar-refractivity contribution in [1.82, 2.24) is 10.3 Å². The molecule has 0 saturated heterocycles.